The van der Waals surface area contributed by atoms with E-state index in [-0.39, 0.29) is 11.5 Å². The van der Waals surface area contributed by atoms with Crippen LogP contribution in [-0.4, -0.2) is 29.1 Å². The third-order valence-electron chi connectivity index (χ3n) is 5.27. The van der Waals surface area contributed by atoms with Crippen molar-refractivity contribution in [2.45, 2.75) is 13.8 Å². The molecule has 6 heteroatoms. The van der Waals surface area contributed by atoms with Crippen LogP contribution >= 0.6 is 0 Å². The van der Waals surface area contributed by atoms with Crippen LogP contribution in [0.4, 0.5) is 5.69 Å². The number of hydrogen-bond acceptors (Lipinski definition) is 4. The number of ether oxygens (including phenoxy) is 1. The molecule has 0 unspecified atom stereocenters. The minimum absolute atomic E-state index is 0.155. The summed E-state index contributed by atoms with van der Waals surface area (Å²) in [4.78, 5) is 29.3. The van der Waals surface area contributed by atoms with Gasteiger partial charge >= 0.3 is 5.97 Å². The van der Waals surface area contributed by atoms with Crippen molar-refractivity contribution in [2.24, 2.45) is 0 Å². The van der Waals surface area contributed by atoms with Crippen molar-refractivity contribution >= 4 is 28.5 Å². The van der Waals surface area contributed by atoms with Gasteiger partial charge in [-0.05, 0) is 67.9 Å². The van der Waals surface area contributed by atoms with Gasteiger partial charge in [0, 0.05) is 16.6 Å². The lowest BCUT2D eigenvalue weighted by Crippen LogP contribution is -2.13. The van der Waals surface area contributed by atoms with Crippen LogP contribution in [0, 0.1) is 13.8 Å². The van der Waals surface area contributed by atoms with E-state index in [1.807, 2.05) is 50.2 Å². The first-order chi connectivity index (χ1) is 15.4. The molecule has 1 heterocycles. The van der Waals surface area contributed by atoms with Crippen LogP contribution in [0.5, 0.6) is 5.75 Å². The number of aromatic carboxylic acids is 1. The van der Waals surface area contributed by atoms with Gasteiger partial charge in [-0.2, -0.15) is 0 Å². The first-order valence-electron chi connectivity index (χ1n) is 10.1. The fourth-order valence-corrected chi connectivity index (χ4v) is 3.76. The predicted molar refractivity (Wildman–Crippen MR) is 125 cm³/mol. The maximum absolute atomic E-state index is 13.3. The molecule has 0 fully saturated rings. The molecule has 1 amide bonds. The van der Waals surface area contributed by atoms with Gasteiger partial charge in [-0.3, -0.25) is 4.79 Å². The number of carboxylic acid groups (broad SMARTS) is 1. The number of carboxylic acids is 1. The lowest BCUT2D eigenvalue weighted by Gasteiger charge is -2.14. The predicted octanol–water partition coefficient (Wildman–Crippen LogP) is 5.48. The number of aryl methyl sites for hydroxylation is 2. The van der Waals surface area contributed by atoms with E-state index in [1.54, 1.807) is 25.3 Å². The van der Waals surface area contributed by atoms with E-state index in [4.69, 9.17) is 14.8 Å². The van der Waals surface area contributed by atoms with E-state index in [1.165, 1.54) is 12.1 Å². The van der Waals surface area contributed by atoms with Crippen LogP contribution in [0.15, 0.2) is 66.7 Å². The number of rotatable bonds is 5. The van der Waals surface area contributed by atoms with Crippen molar-refractivity contribution < 1.29 is 19.4 Å². The molecule has 4 aromatic rings. The molecule has 2 N–H and O–H groups in total. The molecule has 0 saturated heterocycles. The van der Waals surface area contributed by atoms with Gasteiger partial charge in [0.15, 0.2) is 0 Å². The molecule has 0 atom stereocenters. The van der Waals surface area contributed by atoms with E-state index in [9.17, 15) is 9.59 Å². The fourth-order valence-electron chi connectivity index (χ4n) is 3.76. The normalized spacial score (nSPS) is 10.7. The zero-order valence-electron chi connectivity index (χ0n) is 18.0. The van der Waals surface area contributed by atoms with Crippen molar-refractivity contribution in [3.05, 3.63) is 89.0 Å². The number of benzene rings is 3. The average molecular weight is 426 g/mol. The Hall–Kier alpha value is -4.19. The number of pyridine rings is 1. The standard InChI is InChI=1S/C26H22N2O4/c1-15-12-16(2)24-20(13-15)21(14-22(28-24)19-6-4-5-7-23(19)32-3)25(29)27-18-10-8-17(9-11-18)26(30)31/h4-14H,1-3H3,(H,27,29)(H,30,31). The van der Waals surface area contributed by atoms with Gasteiger partial charge in [-0.1, -0.05) is 23.8 Å². The van der Waals surface area contributed by atoms with Crippen molar-refractivity contribution in [1.29, 1.82) is 0 Å². The molecule has 6 nitrogen and oxygen atoms in total. The zero-order valence-corrected chi connectivity index (χ0v) is 18.0. The van der Waals surface area contributed by atoms with Gasteiger partial charge in [0.25, 0.3) is 5.91 Å². The number of fused-ring (bicyclic) bond motifs is 1. The first-order valence-corrected chi connectivity index (χ1v) is 10.1. The van der Waals surface area contributed by atoms with E-state index in [0.29, 0.717) is 22.7 Å². The van der Waals surface area contributed by atoms with Crippen molar-refractivity contribution in [2.75, 3.05) is 12.4 Å². The highest BCUT2D eigenvalue weighted by atomic mass is 16.5. The summed E-state index contributed by atoms with van der Waals surface area (Å²) >= 11 is 0. The molecular weight excluding hydrogens is 404 g/mol. The molecule has 32 heavy (non-hydrogen) atoms. The van der Waals surface area contributed by atoms with Crippen molar-refractivity contribution in [3.63, 3.8) is 0 Å². The third kappa shape index (κ3) is 4.03. The molecule has 4 rings (SSSR count). The minimum Gasteiger partial charge on any atom is -0.496 e. The smallest absolute Gasteiger partial charge is 0.335 e. The first kappa shape index (κ1) is 21.1. The Kier molecular flexibility index (Phi) is 5.60. The molecule has 3 aromatic carbocycles. The number of carbonyl (C=O) groups is 2. The van der Waals surface area contributed by atoms with E-state index in [0.717, 1.165) is 27.6 Å². The Balaban J connectivity index is 1.84. The van der Waals surface area contributed by atoms with Crippen molar-refractivity contribution in [1.82, 2.24) is 4.98 Å². The second kappa shape index (κ2) is 8.51. The number of para-hydroxylation sites is 1. The van der Waals surface area contributed by atoms with E-state index < -0.39 is 5.97 Å². The van der Waals surface area contributed by atoms with Crippen LogP contribution < -0.4 is 10.1 Å². The Morgan fingerprint density at radius 1 is 0.969 bits per heavy atom. The largest absolute Gasteiger partial charge is 0.496 e. The number of hydrogen-bond donors (Lipinski definition) is 2. The molecule has 1 aromatic heterocycles. The summed E-state index contributed by atoms with van der Waals surface area (Å²) in [5.74, 6) is -0.656. The second-order valence-corrected chi connectivity index (χ2v) is 7.57. The number of carbonyl (C=O) groups excluding carboxylic acids is 1. The summed E-state index contributed by atoms with van der Waals surface area (Å²) in [6.45, 7) is 3.95. The van der Waals surface area contributed by atoms with Crippen LogP contribution in [0.1, 0.15) is 31.8 Å². The van der Waals surface area contributed by atoms with Gasteiger partial charge in [-0.15, -0.1) is 0 Å². The van der Waals surface area contributed by atoms with Crippen molar-refractivity contribution in [3.8, 4) is 17.0 Å². The highest BCUT2D eigenvalue weighted by Crippen LogP contribution is 2.33. The Labute approximate surface area is 185 Å². The van der Waals surface area contributed by atoms with Gasteiger partial charge in [0.1, 0.15) is 5.75 Å². The molecule has 160 valence electrons. The number of methoxy groups -OCH3 is 1. The second-order valence-electron chi connectivity index (χ2n) is 7.57. The Morgan fingerprint density at radius 3 is 2.38 bits per heavy atom. The SMILES string of the molecule is COc1ccccc1-c1cc(C(=O)Nc2ccc(C(=O)O)cc2)c2cc(C)cc(C)c2n1. The summed E-state index contributed by atoms with van der Waals surface area (Å²) in [5.41, 5.74) is 5.30. The highest BCUT2D eigenvalue weighted by molar-refractivity contribution is 6.13. The summed E-state index contributed by atoms with van der Waals surface area (Å²) in [7, 11) is 1.60. The molecule has 0 aliphatic heterocycles. The maximum atomic E-state index is 13.3. The summed E-state index contributed by atoms with van der Waals surface area (Å²) in [5, 5.41) is 12.7. The lowest BCUT2D eigenvalue weighted by atomic mass is 9.99. The Bertz CT molecular complexity index is 1340. The Morgan fingerprint density at radius 2 is 1.69 bits per heavy atom. The number of nitrogens with one attached hydrogen (secondary N) is 1. The monoisotopic (exact) mass is 426 g/mol. The van der Waals surface area contributed by atoms with Crippen LogP contribution in [0.2, 0.25) is 0 Å². The average Bonchev–Trinajstić information content (AvgIpc) is 2.78. The van der Waals surface area contributed by atoms with Crippen LogP contribution in [0.25, 0.3) is 22.2 Å². The van der Waals surface area contributed by atoms with Crippen LogP contribution in [0.3, 0.4) is 0 Å². The molecule has 0 spiro atoms. The molecule has 0 radical (unpaired) electrons. The fraction of sp³-hybridized carbons (Fsp3) is 0.115. The van der Waals surface area contributed by atoms with Gasteiger partial charge in [0.05, 0.1) is 29.4 Å². The summed E-state index contributed by atoms with van der Waals surface area (Å²) in [6, 6.07) is 19.3. The number of amides is 1. The summed E-state index contributed by atoms with van der Waals surface area (Å²) < 4.78 is 5.50. The molecule has 0 aliphatic rings. The topological polar surface area (TPSA) is 88.5 Å². The molecular formula is C26H22N2O4. The quantitative estimate of drug-likeness (QED) is 0.441. The minimum atomic E-state index is -1.02. The maximum Gasteiger partial charge on any atom is 0.335 e. The van der Waals surface area contributed by atoms with E-state index >= 15 is 0 Å². The van der Waals surface area contributed by atoms with Crippen LogP contribution in [-0.2, 0) is 0 Å². The van der Waals surface area contributed by atoms with Gasteiger partial charge in [0.2, 0.25) is 0 Å². The number of nitrogens with zero attached hydrogens (tertiary/aromatic N) is 1. The van der Waals surface area contributed by atoms with Gasteiger partial charge < -0.3 is 15.2 Å². The van der Waals surface area contributed by atoms with E-state index in [2.05, 4.69) is 5.32 Å². The molecule has 0 aliphatic carbocycles. The highest BCUT2D eigenvalue weighted by Gasteiger charge is 2.18. The summed E-state index contributed by atoms with van der Waals surface area (Å²) in [6.07, 6.45) is 0. The zero-order chi connectivity index (χ0) is 22.8. The van der Waals surface area contributed by atoms with Gasteiger partial charge in [-0.25, -0.2) is 9.78 Å². The third-order valence-corrected chi connectivity index (χ3v) is 5.27. The lowest BCUT2D eigenvalue weighted by molar-refractivity contribution is 0.0696. The number of aromatic nitrogens is 1. The number of anilines is 1. The molecule has 0 saturated carbocycles. The molecule has 0 bridgehead atoms.